The Hall–Kier alpha value is -1.80. The van der Waals surface area contributed by atoms with E-state index in [1.807, 2.05) is 37.3 Å². The summed E-state index contributed by atoms with van der Waals surface area (Å²) >= 11 is 6.13. The zero-order valence-electron chi connectivity index (χ0n) is 10.9. The van der Waals surface area contributed by atoms with Crippen molar-refractivity contribution in [2.24, 2.45) is 0 Å². The summed E-state index contributed by atoms with van der Waals surface area (Å²) in [5.74, 6) is 0.576. The van der Waals surface area contributed by atoms with Crippen molar-refractivity contribution >= 4 is 17.4 Å². The molecule has 19 heavy (non-hydrogen) atoms. The molecule has 3 heteroatoms. The molecule has 2 aromatic carbocycles. The number of ketones is 1. The van der Waals surface area contributed by atoms with Crippen molar-refractivity contribution in [2.75, 3.05) is 0 Å². The van der Waals surface area contributed by atoms with Crippen LogP contribution in [0.5, 0.6) is 5.75 Å². The number of rotatable bonds is 4. The van der Waals surface area contributed by atoms with Crippen molar-refractivity contribution in [1.29, 1.82) is 0 Å². The summed E-state index contributed by atoms with van der Waals surface area (Å²) in [6.07, 6.45) is -0.0955. The molecule has 2 aromatic rings. The molecule has 0 N–H and O–H groups in total. The largest absolute Gasteiger partial charge is 0.484 e. The fourth-order valence-corrected chi connectivity index (χ4v) is 2.02. The van der Waals surface area contributed by atoms with Crippen LogP contribution in [-0.2, 0) is 0 Å². The second-order valence-electron chi connectivity index (χ2n) is 4.37. The van der Waals surface area contributed by atoms with E-state index in [1.165, 1.54) is 6.92 Å². The van der Waals surface area contributed by atoms with E-state index in [1.54, 1.807) is 18.2 Å². The molecule has 2 nitrogen and oxygen atoms in total. The molecule has 0 radical (unpaired) electrons. The number of benzene rings is 2. The topological polar surface area (TPSA) is 26.3 Å². The second-order valence-corrected chi connectivity index (χ2v) is 4.78. The lowest BCUT2D eigenvalue weighted by Gasteiger charge is -2.16. The maximum atomic E-state index is 11.3. The summed E-state index contributed by atoms with van der Waals surface area (Å²) < 4.78 is 5.82. The first-order valence-corrected chi connectivity index (χ1v) is 6.48. The molecule has 0 fully saturated rings. The molecule has 1 atom stereocenters. The lowest BCUT2D eigenvalue weighted by molar-refractivity contribution is 0.101. The predicted molar refractivity (Wildman–Crippen MR) is 76.9 cm³/mol. The summed E-state index contributed by atoms with van der Waals surface area (Å²) in [5.41, 5.74) is 1.67. The molecule has 0 aromatic heterocycles. The quantitative estimate of drug-likeness (QED) is 0.757. The van der Waals surface area contributed by atoms with Gasteiger partial charge < -0.3 is 4.74 Å². The Labute approximate surface area is 118 Å². The molecule has 2 rings (SSSR count). The van der Waals surface area contributed by atoms with E-state index < -0.39 is 0 Å². The van der Waals surface area contributed by atoms with Crippen molar-refractivity contribution in [3.63, 3.8) is 0 Å². The molecule has 0 aliphatic rings. The molecule has 0 bridgehead atoms. The van der Waals surface area contributed by atoms with E-state index in [0.29, 0.717) is 16.3 Å². The maximum absolute atomic E-state index is 11.3. The van der Waals surface area contributed by atoms with Crippen molar-refractivity contribution in [2.45, 2.75) is 20.0 Å². The van der Waals surface area contributed by atoms with Gasteiger partial charge in [0.05, 0.1) is 5.02 Å². The van der Waals surface area contributed by atoms with Gasteiger partial charge in [-0.25, -0.2) is 0 Å². The second kappa shape index (κ2) is 5.89. The number of carbonyl (C=O) groups is 1. The van der Waals surface area contributed by atoms with E-state index in [2.05, 4.69) is 0 Å². The van der Waals surface area contributed by atoms with E-state index in [-0.39, 0.29) is 11.9 Å². The number of halogens is 1. The highest BCUT2D eigenvalue weighted by Crippen LogP contribution is 2.29. The summed E-state index contributed by atoms with van der Waals surface area (Å²) in [4.78, 5) is 11.3. The Morgan fingerprint density at radius 1 is 1.16 bits per heavy atom. The Balaban J connectivity index is 2.18. The van der Waals surface area contributed by atoms with E-state index in [9.17, 15) is 4.79 Å². The van der Waals surface area contributed by atoms with E-state index in [0.717, 1.165) is 5.56 Å². The zero-order chi connectivity index (χ0) is 13.8. The van der Waals surface area contributed by atoms with Gasteiger partial charge in [-0.1, -0.05) is 41.9 Å². The van der Waals surface area contributed by atoms with Crippen LogP contribution < -0.4 is 4.74 Å². The van der Waals surface area contributed by atoms with Gasteiger partial charge in [-0.3, -0.25) is 4.79 Å². The highest BCUT2D eigenvalue weighted by Gasteiger charge is 2.11. The van der Waals surface area contributed by atoms with Crippen LogP contribution in [0, 0.1) is 0 Å². The molecule has 0 heterocycles. The average molecular weight is 275 g/mol. The number of ether oxygens (including phenoxy) is 1. The summed E-state index contributed by atoms with van der Waals surface area (Å²) in [6, 6.07) is 15.0. The van der Waals surface area contributed by atoms with Crippen LogP contribution in [0.3, 0.4) is 0 Å². The predicted octanol–water partition coefficient (Wildman–Crippen LogP) is 4.68. The fraction of sp³-hybridized carbons (Fsp3) is 0.188. The SMILES string of the molecule is CC(=O)c1ccc(OC(C)c2ccccc2)c(Cl)c1. The summed E-state index contributed by atoms with van der Waals surface area (Å²) in [7, 11) is 0. The molecule has 1 unspecified atom stereocenters. The van der Waals surface area contributed by atoms with Crippen LogP contribution in [0.25, 0.3) is 0 Å². The molecule has 98 valence electrons. The molecule has 0 saturated carbocycles. The minimum Gasteiger partial charge on any atom is -0.484 e. The van der Waals surface area contributed by atoms with Crippen molar-refractivity contribution < 1.29 is 9.53 Å². The Bertz CT molecular complexity index is 579. The molecule has 0 amide bonds. The van der Waals surface area contributed by atoms with Gasteiger partial charge in [-0.2, -0.15) is 0 Å². The maximum Gasteiger partial charge on any atom is 0.159 e. The van der Waals surface area contributed by atoms with Gasteiger partial charge in [-0.05, 0) is 37.6 Å². The number of carbonyl (C=O) groups excluding carboxylic acids is 1. The standard InChI is InChI=1S/C16H15ClO2/c1-11(18)14-8-9-16(15(17)10-14)19-12(2)13-6-4-3-5-7-13/h3-10,12H,1-2H3. The number of hydrogen-bond donors (Lipinski definition) is 0. The van der Waals surface area contributed by atoms with Crippen molar-refractivity contribution in [1.82, 2.24) is 0 Å². The summed E-state index contributed by atoms with van der Waals surface area (Å²) in [6.45, 7) is 3.48. The van der Waals surface area contributed by atoms with Gasteiger partial charge in [0.15, 0.2) is 5.78 Å². The molecule has 0 spiro atoms. The first-order chi connectivity index (χ1) is 9.08. The number of hydrogen-bond acceptors (Lipinski definition) is 2. The van der Waals surface area contributed by atoms with Gasteiger partial charge >= 0.3 is 0 Å². The third kappa shape index (κ3) is 3.36. The Kier molecular flexibility index (Phi) is 4.23. The van der Waals surface area contributed by atoms with E-state index >= 15 is 0 Å². The molecular weight excluding hydrogens is 260 g/mol. The molecular formula is C16H15ClO2. The van der Waals surface area contributed by atoms with Crippen LogP contribution in [0.4, 0.5) is 0 Å². The first kappa shape index (κ1) is 13.6. The lowest BCUT2D eigenvalue weighted by atomic mass is 10.1. The third-order valence-corrected chi connectivity index (χ3v) is 3.21. The zero-order valence-corrected chi connectivity index (χ0v) is 11.6. The molecule has 0 aliphatic heterocycles. The van der Waals surface area contributed by atoms with Crippen molar-refractivity contribution in [3.8, 4) is 5.75 Å². The van der Waals surface area contributed by atoms with Gasteiger partial charge in [0.2, 0.25) is 0 Å². The van der Waals surface area contributed by atoms with Gasteiger partial charge in [-0.15, -0.1) is 0 Å². The minimum atomic E-state index is -0.0955. The number of Topliss-reactive ketones (excluding diaryl/α,β-unsaturated/α-hetero) is 1. The Morgan fingerprint density at radius 2 is 1.84 bits per heavy atom. The normalized spacial score (nSPS) is 11.9. The highest BCUT2D eigenvalue weighted by molar-refractivity contribution is 6.32. The first-order valence-electron chi connectivity index (χ1n) is 6.10. The van der Waals surface area contributed by atoms with Crippen LogP contribution >= 0.6 is 11.6 Å². The highest BCUT2D eigenvalue weighted by atomic mass is 35.5. The Morgan fingerprint density at radius 3 is 2.42 bits per heavy atom. The average Bonchev–Trinajstić information content (AvgIpc) is 2.41. The molecule has 0 saturated heterocycles. The van der Waals surface area contributed by atoms with Crippen LogP contribution in [0.15, 0.2) is 48.5 Å². The monoisotopic (exact) mass is 274 g/mol. The smallest absolute Gasteiger partial charge is 0.159 e. The minimum absolute atomic E-state index is 0.00967. The molecule has 0 aliphatic carbocycles. The van der Waals surface area contributed by atoms with Crippen LogP contribution in [-0.4, -0.2) is 5.78 Å². The summed E-state index contributed by atoms with van der Waals surface area (Å²) in [5, 5.41) is 0.454. The van der Waals surface area contributed by atoms with E-state index in [4.69, 9.17) is 16.3 Å². The van der Waals surface area contributed by atoms with Gasteiger partial charge in [0, 0.05) is 5.56 Å². The van der Waals surface area contributed by atoms with Gasteiger partial charge in [0.25, 0.3) is 0 Å². The van der Waals surface area contributed by atoms with Crippen LogP contribution in [0.2, 0.25) is 5.02 Å². The third-order valence-electron chi connectivity index (χ3n) is 2.91. The lowest BCUT2D eigenvalue weighted by Crippen LogP contribution is -2.03. The van der Waals surface area contributed by atoms with Crippen molar-refractivity contribution in [3.05, 3.63) is 64.7 Å². The fourth-order valence-electron chi connectivity index (χ4n) is 1.80. The van der Waals surface area contributed by atoms with Gasteiger partial charge in [0.1, 0.15) is 11.9 Å². The van der Waals surface area contributed by atoms with Crippen LogP contribution in [0.1, 0.15) is 35.9 Å².